The summed E-state index contributed by atoms with van der Waals surface area (Å²) in [5.74, 6) is -8.11. The molecule has 39 heavy (non-hydrogen) atoms. The molecule has 0 heterocycles. The van der Waals surface area contributed by atoms with Crippen LogP contribution in [0.1, 0.15) is 28.8 Å². The van der Waals surface area contributed by atoms with E-state index in [0.29, 0.717) is 5.56 Å². The third kappa shape index (κ3) is 4.38. The smallest absolute Gasteiger partial charge is 0.255 e. The van der Waals surface area contributed by atoms with E-state index in [-0.39, 0.29) is 35.5 Å². The molecule has 1 aromatic carbocycles. The van der Waals surface area contributed by atoms with Crippen molar-refractivity contribution in [2.75, 3.05) is 19.4 Å². The van der Waals surface area contributed by atoms with Crippen molar-refractivity contribution in [3.05, 3.63) is 46.2 Å². The van der Waals surface area contributed by atoms with Gasteiger partial charge in [0.05, 0.1) is 27.4 Å². The van der Waals surface area contributed by atoms with Gasteiger partial charge in [-0.25, -0.2) is 0 Å². The fourth-order valence-corrected chi connectivity index (χ4v) is 6.93. The molecule has 0 aromatic heterocycles. The maximum absolute atomic E-state index is 13.8. The molecule has 1 saturated carbocycles. The SMILES string of the molecule is C=CCC(Br)C(=O)Nc1c(Cl)cc2c(c1O)C(=O)C1C(C2)CC2[C@H](N(C)C)C(O)=C(C(N)=O)C(=O)[C@@]2(O)C1O. The van der Waals surface area contributed by atoms with E-state index in [1.807, 2.05) is 0 Å². The van der Waals surface area contributed by atoms with Crippen LogP contribution < -0.4 is 11.1 Å². The van der Waals surface area contributed by atoms with Crippen molar-refractivity contribution < 1.29 is 39.6 Å². The number of benzene rings is 1. The average molecular weight is 627 g/mol. The average Bonchev–Trinajstić information content (AvgIpc) is 2.83. The highest BCUT2D eigenvalue weighted by Gasteiger charge is 2.66. The first-order valence-corrected chi connectivity index (χ1v) is 13.5. The van der Waals surface area contributed by atoms with Crippen molar-refractivity contribution in [2.45, 2.75) is 41.8 Å². The molecule has 5 unspecified atom stereocenters. The zero-order chi connectivity index (χ0) is 29.1. The van der Waals surface area contributed by atoms with Gasteiger partial charge in [0, 0.05) is 5.92 Å². The number of fused-ring (bicyclic) bond motifs is 3. The Kier molecular flexibility index (Phi) is 7.74. The van der Waals surface area contributed by atoms with Crippen molar-refractivity contribution in [3.8, 4) is 5.75 Å². The number of phenols is 1. The van der Waals surface area contributed by atoms with Crippen LogP contribution in [-0.4, -0.2) is 85.4 Å². The highest BCUT2D eigenvalue weighted by atomic mass is 79.9. The third-order valence-corrected chi connectivity index (χ3v) is 9.09. The van der Waals surface area contributed by atoms with Crippen LogP contribution in [0.2, 0.25) is 5.02 Å². The largest absolute Gasteiger partial charge is 0.510 e. The third-order valence-electron chi connectivity index (χ3n) is 8.00. The number of nitrogens with two attached hydrogens (primary N) is 1. The minimum absolute atomic E-state index is 0.0114. The van der Waals surface area contributed by atoms with Crippen LogP contribution in [0, 0.1) is 17.8 Å². The molecule has 0 saturated heterocycles. The number of hydrogen-bond acceptors (Lipinski definition) is 9. The number of Topliss-reactive ketones (excluding diaryl/α,β-unsaturated/α-hetero) is 2. The second kappa shape index (κ2) is 10.3. The lowest BCUT2D eigenvalue weighted by molar-refractivity contribution is -0.190. The Hall–Kier alpha value is -2.77. The molecule has 3 aliphatic carbocycles. The molecule has 1 fully saturated rings. The number of ketones is 2. The van der Waals surface area contributed by atoms with E-state index >= 15 is 0 Å². The standard InChI is InChI=1S/C26H29BrClN3O8/c1-4-5-12(27)25(38)30-17-13(28)8-10-6-9-7-11-18(31(2)3)21(34)16(24(29)37)23(36)26(11,39)22(35)15(9)19(32)14(10)20(17)33/h4,8-9,11-12,15,18,22,33-35,39H,1,5-7H2,2-3H3,(H2,29,37)(H,30,38)/t9?,11?,12?,15?,18-,22?,26-/m0/s1. The number of halogens is 2. The number of allylic oxidation sites excluding steroid dienone is 1. The van der Waals surface area contributed by atoms with Crippen molar-refractivity contribution in [2.24, 2.45) is 23.5 Å². The highest BCUT2D eigenvalue weighted by Crippen LogP contribution is 2.54. The van der Waals surface area contributed by atoms with Crippen LogP contribution in [-0.2, 0) is 20.8 Å². The predicted molar refractivity (Wildman–Crippen MR) is 145 cm³/mol. The predicted octanol–water partition coefficient (Wildman–Crippen LogP) is 1.22. The Morgan fingerprint density at radius 1 is 1.36 bits per heavy atom. The number of phenolic OH excluding ortho intramolecular Hbond substituents is 1. The van der Waals surface area contributed by atoms with Crippen LogP contribution in [0.15, 0.2) is 30.1 Å². The van der Waals surface area contributed by atoms with Gasteiger partial charge in [0.1, 0.15) is 23.1 Å². The van der Waals surface area contributed by atoms with Gasteiger partial charge in [-0.05, 0) is 50.9 Å². The highest BCUT2D eigenvalue weighted by molar-refractivity contribution is 9.10. The number of carbonyl (C=O) groups excluding carboxylic acids is 4. The van der Waals surface area contributed by atoms with E-state index in [1.165, 1.54) is 17.0 Å². The molecule has 13 heteroatoms. The summed E-state index contributed by atoms with van der Waals surface area (Å²) in [4.78, 5) is 52.6. The Morgan fingerprint density at radius 3 is 2.56 bits per heavy atom. The van der Waals surface area contributed by atoms with Crippen molar-refractivity contribution in [3.63, 3.8) is 0 Å². The number of primary amides is 1. The number of amides is 2. The summed E-state index contributed by atoms with van der Waals surface area (Å²) in [5.41, 5.74) is 1.85. The summed E-state index contributed by atoms with van der Waals surface area (Å²) >= 11 is 9.58. The molecule has 3 aliphatic rings. The van der Waals surface area contributed by atoms with Gasteiger partial charge in [-0.15, -0.1) is 6.58 Å². The van der Waals surface area contributed by atoms with E-state index in [0.717, 1.165) is 0 Å². The quantitative estimate of drug-likeness (QED) is 0.117. The Bertz CT molecular complexity index is 1330. The van der Waals surface area contributed by atoms with Crippen LogP contribution in [0.3, 0.4) is 0 Å². The van der Waals surface area contributed by atoms with Crippen molar-refractivity contribution in [1.29, 1.82) is 0 Å². The molecule has 210 valence electrons. The number of rotatable bonds is 6. The first-order valence-electron chi connectivity index (χ1n) is 12.2. The molecule has 4 rings (SSSR count). The molecule has 2 amide bonds. The number of aliphatic hydroxyl groups is 3. The fourth-order valence-electron chi connectivity index (χ4n) is 6.29. The van der Waals surface area contributed by atoms with Gasteiger partial charge < -0.3 is 31.5 Å². The number of hydrogen-bond donors (Lipinski definition) is 6. The molecule has 7 N–H and O–H groups in total. The summed E-state index contributed by atoms with van der Waals surface area (Å²) in [6.45, 7) is 3.57. The summed E-state index contributed by atoms with van der Waals surface area (Å²) < 4.78 is 0. The van der Waals surface area contributed by atoms with E-state index in [2.05, 4.69) is 27.8 Å². The summed E-state index contributed by atoms with van der Waals surface area (Å²) in [7, 11) is 3.13. The van der Waals surface area contributed by atoms with Gasteiger partial charge in [0.25, 0.3) is 5.91 Å². The topological polar surface area (TPSA) is 190 Å². The minimum Gasteiger partial charge on any atom is -0.510 e. The second-order valence-corrected chi connectivity index (χ2v) is 11.9. The zero-order valence-corrected chi connectivity index (χ0v) is 23.5. The van der Waals surface area contributed by atoms with Crippen LogP contribution >= 0.6 is 27.5 Å². The molecule has 11 nitrogen and oxygen atoms in total. The normalized spacial score (nSPS) is 30.8. The Labute approximate surface area is 237 Å². The molecular weight excluding hydrogens is 598 g/mol. The number of nitrogens with zero attached hydrogens (tertiary/aromatic N) is 1. The first kappa shape index (κ1) is 29.2. The number of nitrogens with one attached hydrogen (secondary N) is 1. The lowest BCUT2D eigenvalue weighted by atomic mass is 9.53. The number of likely N-dealkylation sites (N-methyl/N-ethyl adjacent to an activating group) is 1. The minimum atomic E-state index is -2.62. The van der Waals surface area contributed by atoms with Crippen molar-refractivity contribution >= 4 is 56.6 Å². The fraction of sp³-hybridized carbons (Fsp3) is 0.462. The van der Waals surface area contributed by atoms with E-state index in [9.17, 15) is 39.6 Å². The zero-order valence-electron chi connectivity index (χ0n) is 21.1. The molecule has 1 aromatic rings. The molecule has 0 bridgehead atoms. The molecule has 0 aliphatic heterocycles. The van der Waals surface area contributed by atoms with Gasteiger partial charge in [0.15, 0.2) is 17.1 Å². The van der Waals surface area contributed by atoms with E-state index in [4.69, 9.17) is 17.3 Å². The molecule has 0 spiro atoms. The molecular formula is C26H29BrClN3O8. The summed E-state index contributed by atoms with van der Waals surface area (Å²) in [5, 5.41) is 47.5. The second-order valence-electron chi connectivity index (χ2n) is 10.4. The van der Waals surface area contributed by atoms with Crippen LogP contribution in [0.5, 0.6) is 5.75 Å². The number of alkyl halides is 1. The Morgan fingerprint density at radius 2 is 2.00 bits per heavy atom. The van der Waals surface area contributed by atoms with E-state index < -0.39 is 80.8 Å². The van der Waals surface area contributed by atoms with Gasteiger partial charge in [0.2, 0.25) is 11.7 Å². The number of anilines is 1. The lowest BCUT2D eigenvalue weighted by Crippen LogP contribution is -2.71. The van der Waals surface area contributed by atoms with Gasteiger partial charge in [-0.3, -0.25) is 24.1 Å². The summed E-state index contributed by atoms with van der Waals surface area (Å²) in [6.07, 6.45) is -0.0470. The number of aromatic hydroxyl groups is 1. The van der Waals surface area contributed by atoms with E-state index in [1.54, 1.807) is 14.1 Å². The summed E-state index contributed by atoms with van der Waals surface area (Å²) in [6, 6.07) is 0.395. The van der Waals surface area contributed by atoms with Gasteiger partial charge in [-0.2, -0.15) is 0 Å². The number of carbonyl (C=O) groups is 4. The van der Waals surface area contributed by atoms with Crippen molar-refractivity contribution in [1.82, 2.24) is 4.90 Å². The first-order chi connectivity index (χ1) is 18.2. The van der Waals surface area contributed by atoms with Crippen LogP contribution in [0.25, 0.3) is 0 Å². The molecule has 7 atom stereocenters. The lowest BCUT2D eigenvalue weighted by Gasteiger charge is -2.55. The Balaban J connectivity index is 1.80. The molecule has 0 radical (unpaired) electrons. The van der Waals surface area contributed by atoms with Gasteiger partial charge >= 0.3 is 0 Å². The van der Waals surface area contributed by atoms with Crippen LogP contribution in [0.4, 0.5) is 5.69 Å². The van der Waals surface area contributed by atoms with Gasteiger partial charge in [-0.1, -0.05) is 33.6 Å². The maximum Gasteiger partial charge on any atom is 0.255 e. The monoisotopic (exact) mass is 625 g/mol. The maximum atomic E-state index is 13.8. The number of aliphatic hydroxyl groups excluding tert-OH is 2.